The van der Waals surface area contributed by atoms with Gasteiger partial charge in [0.25, 0.3) is 0 Å². The van der Waals surface area contributed by atoms with Crippen LogP contribution in [0.25, 0.3) is 61.2 Å². The molecular formula is C46H34N4. The maximum absolute atomic E-state index is 10.9. The molecule has 9 rings (SSSR count). The monoisotopic (exact) mass is 642 g/mol. The standard InChI is InChI=1S/C46H34N4/c1-30-12-11-21-43-44(30)37-16-6-10-20-42(37)50(43)45-38(28-47)33(26-27-46(45,2)29-48)31-22-24-32(25-23-31)34-13-3-7-17-39(34)49-40-18-8-4-14-35(40)36-15-5-9-19-41(36)49/h3-11,13-27,30,45H,12H2,1-2H3. The second-order valence-electron chi connectivity index (χ2n) is 13.8. The largest absolute Gasteiger partial charge is 0.330 e. The van der Waals surface area contributed by atoms with Crippen molar-refractivity contribution in [1.82, 2.24) is 9.13 Å². The fourth-order valence-electron chi connectivity index (χ4n) is 8.45. The number of fused-ring (bicyclic) bond motifs is 6. The molecule has 5 aromatic carbocycles. The third kappa shape index (κ3) is 4.29. The van der Waals surface area contributed by atoms with E-state index < -0.39 is 11.5 Å². The zero-order chi connectivity index (χ0) is 34.0. The molecule has 4 nitrogen and oxygen atoms in total. The molecule has 2 aliphatic carbocycles. The lowest BCUT2D eigenvalue weighted by Gasteiger charge is -2.36. The van der Waals surface area contributed by atoms with Crippen LogP contribution in [0.5, 0.6) is 0 Å². The van der Waals surface area contributed by atoms with Gasteiger partial charge in [-0.05, 0) is 71.9 Å². The summed E-state index contributed by atoms with van der Waals surface area (Å²) in [5, 5.41) is 25.2. The molecule has 2 aliphatic rings. The Morgan fingerprint density at radius 2 is 1.28 bits per heavy atom. The van der Waals surface area contributed by atoms with Crippen molar-refractivity contribution in [3.63, 3.8) is 0 Å². The second kappa shape index (κ2) is 11.4. The SMILES string of the molecule is CC1CC=Cc2c1c1ccccc1n2C1C(C#N)=C(c2ccc(-c3ccccc3-n3c4ccccc4c4ccccc43)cc2)C=CC1(C)C#N. The molecule has 7 aromatic rings. The van der Waals surface area contributed by atoms with Crippen molar-refractivity contribution in [2.45, 2.75) is 32.2 Å². The molecule has 50 heavy (non-hydrogen) atoms. The Labute approximate surface area is 291 Å². The summed E-state index contributed by atoms with van der Waals surface area (Å²) in [6.07, 6.45) is 9.35. The Balaban J connectivity index is 1.19. The van der Waals surface area contributed by atoms with Gasteiger partial charge in [-0.2, -0.15) is 10.5 Å². The molecular weight excluding hydrogens is 609 g/mol. The molecule has 238 valence electrons. The van der Waals surface area contributed by atoms with Crippen LogP contribution >= 0.6 is 0 Å². The lowest BCUT2D eigenvalue weighted by Crippen LogP contribution is -2.32. The highest BCUT2D eigenvalue weighted by Crippen LogP contribution is 2.50. The van der Waals surface area contributed by atoms with Crippen molar-refractivity contribution in [2.75, 3.05) is 0 Å². The lowest BCUT2D eigenvalue weighted by molar-refractivity contribution is 0.387. The van der Waals surface area contributed by atoms with E-state index in [2.05, 4.69) is 156 Å². The first kappa shape index (κ1) is 29.8. The summed E-state index contributed by atoms with van der Waals surface area (Å²) in [5.41, 5.74) is 10.6. The van der Waals surface area contributed by atoms with Crippen LogP contribution in [-0.4, -0.2) is 9.13 Å². The van der Waals surface area contributed by atoms with Gasteiger partial charge in [-0.15, -0.1) is 0 Å². The van der Waals surface area contributed by atoms with Crippen molar-refractivity contribution in [1.29, 1.82) is 10.5 Å². The predicted molar refractivity (Wildman–Crippen MR) is 205 cm³/mol. The number of hydrogen-bond donors (Lipinski definition) is 0. The minimum absolute atomic E-state index is 0.348. The quantitative estimate of drug-likeness (QED) is 0.192. The number of para-hydroxylation sites is 4. The fraction of sp³-hybridized carbons (Fsp3) is 0.130. The molecule has 0 fully saturated rings. The number of hydrogen-bond acceptors (Lipinski definition) is 2. The van der Waals surface area contributed by atoms with Gasteiger partial charge in [-0.25, -0.2) is 0 Å². The van der Waals surface area contributed by atoms with Gasteiger partial charge < -0.3 is 9.13 Å². The van der Waals surface area contributed by atoms with Gasteiger partial charge in [0.05, 0.1) is 45.9 Å². The summed E-state index contributed by atoms with van der Waals surface area (Å²) in [6, 6.07) is 47.4. The third-order valence-corrected chi connectivity index (χ3v) is 10.8. The minimum atomic E-state index is -0.917. The maximum Gasteiger partial charge on any atom is 0.0984 e. The van der Waals surface area contributed by atoms with Crippen LogP contribution in [0.2, 0.25) is 0 Å². The van der Waals surface area contributed by atoms with Gasteiger partial charge in [-0.3, -0.25) is 0 Å². The number of aromatic nitrogens is 2. The number of nitriles is 2. The van der Waals surface area contributed by atoms with Gasteiger partial charge in [0.2, 0.25) is 0 Å². The average Bonchev–Trinajstić information content (AvgIpc) is 3.68. The Kier molecular flexibility index (Phi) is 6.77. The Hall–Kier alpha value is -6.36. The van der Waals surface area contributed by atoms with Crippen LogP contribution < -0.4 is 0 Å². The summed E-state index contributed by atoms with van der Waals surface area (Å²) >= 11 is 0. The normalized spacial score (nSPS) is 19.9. The molecule has 0 radical (unpaired) electrons. The van der Waals surface area contributed by atoms with E-state index in [1.165, 1.54) is 32.8 Å². The van der Waals surface area contributed by atoms with Gasteiger partial charge in [0.15, 0.2) is 0 Å². The fourth-order valence-corrected chi connectivity index (χ4v) is 8.45. The molecule has 0 spiro atoms. The molecule has 0 aliphatic heterocycles. The summed E-state index contributed by atoms with van der Waals surface area (Å²) < 4.78 is 4.62. The van der Waals surface area contributed by atoms with Crippen LogP contribution in [0.3, 0.4) is 0 Å². The molecule has 0 N–H and O–H groups in total. The zero-order valence-electron chi connectivity index (χ0n) is 28.0. The lowest BCUT2D eigenvalue weighted by atomic mass is 9.73. The third-order valence-electron chi connectivity index (χ3n) is 10.8. The van der Waals surface area contributed by atoms with Crippen LogP contribution in [0.4, 0.5) is 0 Å². The number of benzene rings is 5. The molecule has 4 heteroatoms. The molecule has 2 aromatic heterocycles. The molecule has 0 amide bonds. The van der Waals surface area contributed by atoms with Crippen LogP contribution in [-0.2, 0) is 0 Å². The van der Waals surface area contributed by atoms with Crippen molar-refractivity contribution >= 4 is 44.4 Å². The van der Waals surface area contributed by atoms with E-state index in [4.69, 9.17) is 0 Å². The van der Waals surface area contributed by atoms with Gasteiger partial charge in [0.1, 0.15) is 0 Å². The first-order valence-electron chi connectivity index (χ1n) is 17.2. The van der Waals surface area contributed by atoms with E-state index in [9.17, 15) is 10.5 Å². The Bertz CT molecular complexity index is 2630. The Morgan fingerprint density at radius 3 is 1.96 bits per heavy atom. The summed E-state index contributed by atoms with van der Waals surface area (Å²) in [5.74, 6) is 0.348. The van der Waals surface area contributed by atoms with E-state index in [1.807, 2.05) is 25.1 Å². The topological polar surface area (TPSA) is 57.4 Å². The highest BCUT2D eigenvalue weighted by atomic mass is 15.1. The van der Waals surface area contributed by atoms with Crippen LogP contribution in [0.15, 0.2) is 145 Å². The smallest absolute Gasteiger partial charge is 0.0984 e. The summed E-state index contributed by atoms with van der Waals surface area (Å²) in [4.78, 5) is 0. The molecule has 0 saturated heterocycles. The van der Waals surface area contributed by atoms with E-state index in [1.54, 1.807) is 0 Å². The van der Waals surface area contributed by atoms with Crippen molar-refractivity contribution < 1.29 is 0 Å². The first-order chi connectivity index (χ1) is 24.5. The average molecular weight is 643 g/mol. The highest BCUT2D eigenvalue weighted by Gasteiger charge is 2.43. The molecule has 0 saturated carbocycles. The van der Waals surface area contributed by atoms with E-state index in [0.717, 1.165) is 45.6 Å². The minimum Gasteiger partial charge on any atom is -0.330 e. The van der Waals surface area contributed by atoms with Crippen LogP contribution in [0, 0.1) is 28.1 Å². The number of allylic oxidation sites excluding steroid dienone is 5. The van der Waals surface area contributed by atoms with Gasteiger partial charge in [-0.1, -0.05) is 122 Å². The Morgan fingerprint density at radius 1 is 0.680 bits per heavy atom. The van der Waals surface area contributed by atoms with E-state index >= 15 is 0 Å². The van der Waals surface area contributed by atoms with Crippen LogP contribution in [0.1, 0.15) is 49.0 Å². The highest BCUT2D eigenvalue weighted by molar-refractivity contribution is 6.09. The van der Waals surface area contributed by atoms with Crippen molar-refractivity contribution in [2.24, 2.45) is 5.41 Å². The predicted octanol–water partition coefficient (Wildman–Crippen LogP) is 11.5. The maximum atomic E-state index is 10.9. The number of rotatable bonds is 4. The zero-order valence-corrected chi connectivity index (χ0v) is 28.0. The molecule has 3 unspecified atom stereocenters. The van der Waals surface area contributed by atoms with E-state index in [0.29, 0.717) is 11.5 Å². The van der Waals surface area contributed by atoms with Gasteiger partial charge >= 0.3 is 0 Å². The molecule has 0 bridgehead atoms. The van der Waals surface area contributed by atoms with Crippen molar-refractivity contribution in [3.8, 4) is 29.0 Å². The summed E-state index contributed by atoms with van der Waals surface area (Å²) in [7, 11) is 0. The van der Waals surface area contributed by atoms with E-state index in [-0.39, 0.29) is 0 Å². The first-order valence-corrected chi connectivity index (χ1v) is 17.2. The van der Waals surface area contributed by atoms with Gasteiger partial charge in [0, 0.05) is 32.9 Å². The number of nitrogens with zero attached hydrogens (tertiary/aromatic N) is 4. The second-order valence-corrected chi connectivity index (χ2v) is 13.8. The summed E-state index contributed by atoms with van der Waals surface area (Å²) in [6.45, 7) is 4.21. The molecule has 3 atom stereocenters. The van der Waals surface area contributed by atoms with Crippen molar-refractivity contribution in [3.05, 3.63) is 162 Å². The molecule has 2 heterocycles.